The molecule has 1 fully saturated rings. The van der Waals surface area contributed by atoms with Crippen molar-refractivity contribution in [1.82, 2.24) is 14.9 Å². The van der Waals surface area contributed by atoms with Gasteiger partial charge in [0, 0.05) is 32.2 Å². The van der Waals surface area contributed by atoms with Crippen LogP contribution < -0.4 is 14.4 Å². The van der Waals surface area contributed by atoms with Crippen molar-refractivity contribution in [2.24, 2.45) is 5.92 Å². The first-order valence-corrected chi connectivity index (χ1v) is 9.37. The van der Waals surface area contributed by atoms with Gasteiger partial charge in [0.15, 0.2) is 6.61 Å². The smallest absolute Gasteiger partial charge is 0.260 e. The summed E-state index contributed by atoms with van der Waals surface area (Å²) in [6, 6.07) is 7.46. The lowest BCUT2D eigenvalue weighted by atomic mass is 10.2. The number of anilines is 1. The van der Waals surface area contributed by atoms with Crippen LogP contribution in [0.25, 0.3) is 0 Å². The summed E-state index contributed by atoms with van der Waals surface area (Å²) < 4.78 is 24.0. The monoisotopic (exact) mass is 388 g/mol. The fraction of sp³-hybridized carbons (Fsp3) is 0.450. The van der Waals surface area contributed by atoms with E-state index < -0.39 is 0 Å². The second kappa shape index (κ2) is 9.34. The van der Waals surface area contributed by atoms with E-state index in [9.17, 15) is 9.18 Å². The van der Waals surface area contributed by atoms with E-state index in [1.54, 1.807) is 4.90 Å². The molecule has 150 valence electrons. The molecule has 1 aromatic carbocycles. The van der Waals surface area contributed by atoms with E-state index in [1.165, 1.54) is 30.6 Å². The third kappa shape index (κ3) is 5.55. The molecule has 0 bridgehead atoms. The van der Waals surface area contributed by atoms with Gasteiger partial charge in [-0.25, -0.2) is 14.4 Å². The molecule has 2 aromatic rings. The Hall–Kier alpha value is -2.90. The predicted octanol–water partition coefficient (Wildman–Crippen LogP) is 2.38. The minimum atomic E-state index is -0.336. The Bertz CT molecular complexity index is 777. The van der Waals surface area contributed by atoms with Crippen molar-refractivity contribution in [2.75, 3.05) is 44.3 Å². The highest BCUT2D eigenvalue weighted by Gasteiger charge is 2.22. The maximum absolute atomic E-state index is 12.9. The molecular formula is C20H25FN4O3. The number of aromatic nitrogens is 2. The first-order valence-electron chi connectivity index (χ1n) is 9.37. The zero-order valence-electron chi connectivity index (χ0n) is 16.2. The van der Waals surface area contributed by atoms with Crippen molar-refractivity contribution in [3.8, 4) is 11.6 Å². The number of nitrogens with zero attached hydrogens (tertiary/aromatic N) is 4. The Morgan fingerprint density at radius 2 is 1.82 bits per heavy atom. The quantitative estimate of drug-likeness (QED) is 0.726. The van der Waals surface area contributed by atoms with E-state index >= 15 is 0 Å². The number of ether oxygens (including phenoxy) is 2. The SMILES string of the molecule is CC(C)COc1cc(N2CCN(C(=O)COc3ccc(F)cc3)CC2)ncn1. The minimum absolute atomic E-state index is 0.0632. The Morgan fingerprint density at radius 1 is 1.11 bits per heavy atom. The molecule has 2 heterocycles. The van der Waals surface area contributed by atoms with Gasteiger partial charge in [0.25, 0.3) is 5.91 Å². The molecule has 0 saturated carbocycles. The fourth-order valence-corrected chi connectivity index (χ4v) is 2.79. The third-order valence-electron chi connectivity index (χ3n) is 4.32. The van der Waals surface area contributed by atoms with Crippen LogP contribution in [0.1, 0.15) is 13.8 Å². The van der Waals surface area contributed by atoms with Crippen molar-refractivity contribution in [2.45, 2.75) is 13.8 Å². The van der Waals surface area contributed by atoms with Crippen LogP contribution in [0.5, 0.6) is 11.6 Å². The van der Waals surface area contributed by atoms with Gasteiger partial charge < -0.3 is 19.3 Å². The fourth-order valence-electron chi connectivity index (χ4n) is 2.79. The van der Waals surface area contributed by atoms with E-state index in [0.29, 0.717) is 50.3 Å². The number of benzene rings is 1. The van der Waals surface area contributed by atoms with Crippen molar-refractivity contribution < 1.29 is 18.7 Å². The van der Waals surface area contributed by atoms with Crippen LogP contribution >= 0.6 is 0 Å². The topological polar surface area (TPSA) is 67.8 Å². The summed E-state index contributed by atoms with van der Waals surface area (Å²) in [4.78, 5) is 24.7. The predicted molar refractivity (Wildman–Crippen MR) is 103 cm³/mol. The molecule has 7 nitrogen and oxygen atoms in total. The zero-order valence-corrected chi connectivity index (χ0v) is 16.2. The summed E-state index contributed by atoms with van der Waals surface area (Å²) in [5.74, 6) is 1.83. The maximum atomic E-state index is 12.9. The van der Waals surface area contributed by atoms with Gasteiger partial charge in [0.05, 0.1) is 6.61 Å². The van der Waals surface area contributed by atoms with Gasteiger partial charge in [-0.3, -0.25) is 4.79 Å². The Labute approximate surface area is 164 Å². The molecule has 0 radical (unpaired) electrons. The number of piperazine rings is 1. The van der Waals surface area contributed by atoms with Gasteiger partial charge in [0.2, 0.25) is 5.88 Å². The summed E-state index contributed by atoms with van der Waals surface area (Å²) in [5.41, 5.74) is 0. The number of rotatable bonds is 7. The van der Waals surface area contributed by atoms with Crippen molar-refractivity contribution in [3.63, 3.8) is 0 Å². The number of hydrogen-bond acceptors (Lipinski definition) is 6. The first-order chi connectivity index (χ1) is 13.5. The lowest BCUT2D eigenvalue weighted by Crippen LogP contribution is -2.50. The minimum Gasteiger partial charge on any atom is -0.484 e. The van der Waals surface area contributed by atoms with Crippen LogP contribution in [0.2, 0.25) is 0 Å². The Kier molecular flexibility index (Phi) is 6.62. The summed E-state index contributed by atoms with van der Waals surface area (Å²) >= 11 is 0. The number of amides is 1. The molecular weight excluding hydrogens is 363 g/mol. The summed E-state index contributed by atoms with van der Waals surface area (Å²) in [5, 5.41) is 0. The van der Waals surface area contributed by atoms with Gasteiger partial charge in [-0.15, -0.1) is 0 Å². The highest BCUT2D eigenvalue weighted by molar-refractivity contribution is 5.78. The summed E-state index contributed by atoms with van der Waals surface area (Å²) in [6.07, 6.45) is 1.50. The van der Waals surface area contributed by atoms with Gasteiger partial charge in [-0.05, 0) is 30.2 Å². The Balaban J connectivity index is 1.48. The molecule has 1 aliphatic heterocycles. The molecule has 0 aliphatic carbocycles. The van der Waals surface area contributed by atoms with Crippen LogP contribution in [0.4, 0.5) is 10.2 Å². The van der Waals surface area contributed by atoms with E-state index in [2.05, 4.69) is 28.7 Å². The first kappa shape index (κ1) is 19.9. The average Bonchev–Trinajstić information content (AvgIpc) is 2.72. The third-order valence-corrected chi connectivity index (χ3v) is 4.32. The van der Waals surface area contributed by atoms with E-state index in [-0.39, 0.29) is 18.3 Å². The lowest BCUT2D eigenvalue weighted by molar-refractivity contribution is -0.133. The standard InChI is InChI=1S/C20H25FN4O3/c1-15(2)12-28-19-11-18(22-14-23-19)24-7-9-25(10-8-24)20(26)13-27-17-5-3-16(21)4-6-17/h3-6,11,14-15H,7-10,12-13H2,1-2H3. The van der Waals surface area contributed by atoms with Crippen LogP contribution in [-0.2, 0) is 4.79 Å². The van der Waals surface area contributed by atoms with E-state index in [0.717, 1.165) is 5.82 Å². The van der Waals surface area contributed by atoms with E-state index in [1.807, 2.05) is 6.07 Å². The molecule has 1 amide bonds. The van der Waals surface area contributed by atoms with Crippen LogP contribution in [0, 0.1) is 11.7 Å². The highest BCUT2D eigenvalue weighted by Crippen LogP contribution is 2.18. The number of carbonyl (C=O) groups excluding carboxylic acids is 1. The Morgan fingerprint density at radius 3 is 2.50 bits per heavy atom. The van der Waals surface area contributed by atoms with Gasteiger partial charge >= 0.3 is 0 Å². The summed E-state index contributed by atoms with van der Waals surface area (Å²) in [7, 11) is 0. The number of carbonyl (C=O) groups is 1. The molecule has 0 N–H and O–H groups in total. The van der Waals surface area contributed by atoms with Crippen molar-refractivity contribution in [1.29, 1.82) is 0 Å². The molecule has 0 unspecified atom stereocenters. The molecule has 1 aromatic heterocycles. The molecule has 3 rings (SSSR count). The van der Waals surface area contributed by atoms with Crippen molar-refractivity contribution in [3.05, 3.63) is 42.5 Å². The van der Waals surface area contributed by atoms with Crippen molar-refractivity contribution >= 4 is 11.7 Å². The largest absolute Gasteiger partial charge is 0.484 e. The second-order valence-electron chi connectivity index (χ2n) is 7.03. The maximum Gasteiger partial charge on any atom is 0.260 e. The second-order valence-corrected chi connectivity index (χ2v) is 7.03. The molecule has 1 aliphatic rings. The number of hydrogen-bond donors (Lipinski definition) is 0. The average molecular weight is 388 g/mol. The van der Waals surface area contributed by atoms with Crippen LogP contribution in [0.3, 0.4) is 0 Å². The number of halogens is 1. The van der Waals surface area contributed by atoms with Gasteiger partial charge in [-0.2, -0.15) is 0 Å². The normalized spacial score (nSPS) is 14.3. The zero-order chi connectivity index (χ0) is 19.9. The molecule has 8 heteroatoms. The molecule has 0 atom stereocenters. The van der Waals surface area contributed by atoms with Crippen LogP contribution in [0.15, 0.2) is 36.7 Å². The van der Waals surface area contributed by atoms with E-state index in [4.69, 9.17) is 9.47 Å². The molecule has 28 heavy (non-hydrogen) atoms. The molecule has 0 spiro atoms. The molecule has 1 saturated heterocycles. The lowest BCUT2D eigenvalue weighted by Gasteiger charge is -2.35. The van der Waals surface area contributed by atoms with Crippen LogP contribution in [-0.4, -0.2) is 60.2 Å². The van der Waals surface area contributed by atoms with Gasteiger partial charge in [0.1, 0.15) is 23.7 Å². The highest BCUT2D eigenvalue weighted by atomic mass is 19.1. The summed E-state index contributed by atoms with van der Waals surface area (Å²) in [6.45, 7) is 7.21. The van der Waals surface area contributed by atoms with Gasteiger partial charge in [-0.1, -0.05) is 13.8 Å².